The number of carbonyl (C=O) groups is 1. The van der Waals surface area contributed by atoms with Crippen LogP contribution in [0, 0.1) is 5.92 Å². The molecule has 1 atom stereocenters. The molecule has 1 N–H and O–H groups in total. The summed E-state index contributed by atoms with van der Waals surface area (Å²) >= 11 is 0. The predicted molar refractivity (Wildman–Crippen MR) is 109 cm³/mol. The van der Waals surface area contributed by atoms with Crippen LogP contribution >= 0.6 is 0 Å². The van der Waals surface area contributed by atoms with Crippen molar-refractivity contribution in [3.63, 3.8) is 0 Å². The molecule has 5 heteroatoms. The molecule has 1 amide bonds. The predicted octanol–water partition coefficient (Wildman–Crippen LogP) is 4.14. The highest BCUT2D eigenvalue weighted by molar-refractivity contribution is 6.00. The van der Waals surface area contributed by atoms with Gasteiger partial charge in [-0.2, -0.15) is 5.10 Å². The van der Waals surface area contributed by atoms with Crippen LogP contribution in [0.15, 0.2) is 60.8 Å². The van der Waals surface area contributed by atoms with E-state index in [-0.39, 0.29) is 11.9 Å². The van der Waals surface area contributed by atoms with Crippen LogP contribution in [-0.4, -0.2) is 28.8 Å². The maximum Gasteiger partial charge on any atom is 0.255 e. The molecule has 0 saturated heterocycles. The van der Waals surface area contributed by atoms with E-state index in [1.807, 2.05) is 53.3 Å². The van der Waals surface area contributed by atoms with E-state index in [1.54, 1.807) is 7.11 Å². The van der Waals surface area contributed by atoms with Crippen LogP contribution in [0.5, 0.6) is 5.75 Å². The molecule has 28 heavy (non-hydrogen) atoms. The molecule has 1 unspecified atom stereocenters. The first kappa shape index (κ1) is 18.3. The minimum absolute atomic E-state index is 0.0653. The third-order valence-electron chi connectivity index (χ3n) is 5.25. The Hall–Kier alpha value is -3.08. The molecule has 1 heterocycles. The SMILES string of the molecule is COc1ccc(-c2nn(Cc3ccccc3)cc2C(=O)NC(C)C2CC2)cc1. The first-order valence-corrected chi connectivity index (χ1v) is 9.70. The van der Waals surface area contributed by atoms with E-state index >= 15 is 0 Å². The lowest BCUT2D eigenvalue weighted by Gasteiger charge is -2.12. The lowest BCUT2D eigenvalue weighted by Crippen LogP contribution is -2.34. The largest absolute Gasteiger partial charge is 0.497 e. The minimum Gasteiger partial charge on any atom is -0.497 e. The van der Waals surface area contributed by atoms with Gasteiger partial charge in [0.25, 0.3) is 5.91 Å². The summed E-state index contributed by atoms with van der Waals surface area (Å²) in [5, 5.41) is 7.89. The van der Waals surface area contributed by atoms with Gasteiger partial charge in [-0.25, -0.2) is 0 Å². The maximum atomic E-state index is 13.0. The number of hydrogen-bond donors (Lipinski definition) is 1. The average molecular weight is 375 g/mol. The van der Waals surface area contributed by atoms with Crippen LogP contribution in [0.3, 0.4) is 0 Å². The Bertz CT molecular complexity index is 944. The summed E-state index contributed by atoms with van der Waals surface area (Å²) in [5.41, 5.74) is 3.34. The van der Waals surface area contributed by atoms with Crippen molar-refractivity contribution in [1.29, 1.82) is 0 Å². The molecule has 5 nitrogen and oxygen atoms in total. The van der Waals surface area contributed by atoms with E-state index in [4.69, 9.17) is 9.84 Å². The van der Waals surface area contributed by atoms with Crippen LogP contribution in [0.1, 0.15) is 35.7 Å². The number of carbonyl (C=O) groups excluding carboxylic acids is 1. The van der Waals surface area contributed by atoms with Crippen molar-refractivity contribution in [2.45, 2.75) is 32.4 Å². The van der Waals surface area contributed by atoms with Crippen LogP contribution in [0.2, 0.25) is 0 Å². The van der Waals surface area contributed by atoms with Crippen LogP contribution < -0.4 is 10.1 Å². The summed E-state index contributed by atoms with van der Waals surface area (Å²) in [6.45, 7) is 2.70. The van der Waals surface area contributed by atoms with Gasteiger partial charge in [-0.05, 0) is 55.5 Å². The Morgan fingerprint density at radius 1 is 1.18 bits per heavy atom. The van der Waals surface area contributed by atoms with Gasteiger partial charge in [-0.1, -0.05) is 30.3 Å². The first-order valence-electron chi connectivity index (χ1n) is 9.70. The van der Waals surface area contributed by atoms with Crippen LogP contribution in [0.25, 0.3) is 11.3 Å². The second-order valence-corrected chi connectivity index (χ2v) is 7.40. The second kappa shape index (κ2) is 7.89. The molecule has 1 aliphatic carbocycles. The number of methoxy groups -OCH3 is 1. The molecule has 144 valence electrons. The zero-order chi connectivity index (χ0) is 19.5. The summed E-state index contributed by atoms with van der Waals surface area (Å²) in [7, 11) is 1.64. The monoisotopic (exact) mass is 375 g/mol. The van der Waals surface area contributed by atoms with Crippen molar-refractivity contribution in [3.8, 4) is 17.0 Å². The van der Waals surface area contributed by atoms with Gasteiger partial charge in [0, 0.05) is 17.8 Å². The van der Waals surface area contributed by atoms with Crippen LogP contribution in [0.4, 0.5) is 0 Å². The lowest BCUT2D eigenvalue weighted by atomic mass is 10.1. The van der Waals surface area contributed by atoms with Crippen molar-refractivity contribution in [2.75, 3.05) is 7.11 Å². The fourth-order valence-electron chi connectivity index (χ4n) is 3.40. The molecule has 0 bridgehead atoms. The number of amides is 1. The fourth-order valence-corrected chi connectivity index (χ4v) is 3.40. The summed E-state index contributed by atoms with van der Waals surface area (Å²) in [4.78, 5) is 13.0. The number of rotatable bonds is 7. The topological polar surface area (TPSA) is 56.2 Å². The van der Waals surface area contributed by atoms with Gasteiger partial charge < -0.3 is 10.1 Å². The van der Waals surface area contributed by atoms with Crippen molar-refractivity contribution in [2.24, 2.45) is 5.92 Å². The molecular formula is C23H25N3O2. The molecule has 1 aromatic heterocycles. The van der Waals surface area contributed by atoms with Gasteiger partial charge >= 0.3 is 0 Å². The highest BCUT2D eigenvalue weighted by Crippen LogP contribution is 2.33. The highest BCUT2D eigenvalue weighted by Gasteiger charge is 2.30. The Morgan fingerprint density at radius 2 is 1.89 bits per heavy atom. The van der Waals surface area contributed by atoms with E-state index in [0.717, 1.165) is 16.9 Å². The highest BCUT2D eigenvalue weighted by atomic mass is 16.5. The smallest absolute Gasteiger partial charge is 0.255 e. The number of nitrogens with zero attached hydrogens (tertiary/aromatic N) is 2. The molecule has 0 radical (unpaired) electrons. The van der Waals surface area contributed by atoms with E-state index in [0.29, 0.717) is 23.7 Å². The van der Waals surface area contributed by atoms with E-state index < -0.39 is 0 Å². The van der Waals surface area contributed by atoms with Gasteiger partial charge in [0.2, 0.25) is 0 Å². The Kier molecular flexibility index (Phi) is 5.15. The molecule has 0 spiro atoms. The Labute approximate surface area is 165 Å². The maximum absolute atomic E-state index is 13.0. The molecule has 0 aliphatic heterocycles. The molecule has 4 rings (SSSR count). The third kappa shape index (κ3) is 4.09. The minimum atomic E-state index is -0.0653. The second-order valence-electron chi connectivity index (χ2n) is 7.40. The summed E-state index contributed by atoms with van der Waals surface area (Å²) in [6, 6.07) is 18.0. The standard InChI is InChI=1S/C23H25N3O2/c1-16(18-8-9-18)24-23(27)21-15-26(14-17-6-4-3-5-7-17)25-22(21)19-10-12-20(28-2)13-11-19/h3-7,10-13,15-16,18H,8-9,14H2,1-2H3,(H,24,27). The molecule has 1 aliphatic rings. The van der Waals surface area contributed by atoms with Crippen molar-refractivity contribution in [3.05, 3.63) is 71.9 Å². The van der Waals surface area contributed by atoms with Gasteiger partial charge in [0.15, 0.2) is 0 Å². The molecule has 1 saturated carbocycles. The number of benzene rings is 2. The number of aromatic nitrogens is 2. The zero-order valence-electron chi connectivity index (χ0n) is 16.3. The number of ether oxygens (including phenoxy) is 1. The van der Waals surface area contributed by atoms with E-state index in [9.17, 15) is 4.79 Å². The Morgan fingerprint density at radius 3 is 2.54 bits per heavy atom. The summed E-state index contributed by atoms with van der Waals surface area (Å²) in [6.07, 6.45) is 4.24. The van der Waals surface area contributed by atoms with Gasteiger partial charge in [0.05, 0.1) is 19.2 Å². The van der Waals surface area contributed by atoms with E-state index in [2.05, 4.69) is 24.4 Å². The number of nitrogens with one attached hydrogen (secondary N) is 1. The first-order chi connectivity index (χ1) is 13.6. The fraction of sp³-hybridized carbons (Fsp3) is 0.304. The summed E-state index contributed by atoms with van der Waals surface area (Å²) < 4.78 is 7.09. The Balaban J connectivity index is 1.65. The average Bonchev–Trinajstić information content (AvgIpc) is 3.49. The molecule has 1 fully saturated rings. The lowest BCUT2D eigenvalue weighted by molar-refractivity contribution is 0.0936. The van der Waals surface area contributed by atoms with Gasteiger partial charge in [-0.15, -0.1) is 0 Å². The quantitative estimate of drug-likeness (QED) is 0.675. The molecule has 3 aromatic rings. The number of hydrogen-bond acceptors (Lipinski definition) is 3. The molecular weight excluding hydrogens is 350 g/mol. The zero-order valence-corrected chi connectivity index (χ0v) is 16.3. The van der Waals surface area contributed by atoms with Crippen molar-refractivity contribution in [1.82, 2.24) is 15.1 Å². The van der Waals surface area contributed by atoms with E-state index in [1.165, 1.54) is 12.8 Å². The van der Waals surface area contributed by atoms with Gasteiger partial charge in [0.1, 0.15) is 11.4 Å². The van der Waals surface area contributed by atoms with Crippen molar-refractivity contribution < 1.29 is 9.53 Å². The molecule has 2 aromatic carbocycles. The van der Waals surface area contributed by atoms with Crippen molar-refractivity contribution >= 4 is 5.91 Å². The van der Waals surface area contributed by atoms with Crippen LogP contribution in [-0.2, 0) is 6.54 Å². The normalized spacial score (nSPS) is 14.5. The summed E-state index contributed by atoms with van der Waals surface area (Å²) in [5.74, 6) is 1.32. The third-order valence-corrected chi connectivity index (χ3v) is 5.25. The van der Waals surface area contributed by atoms with Gasteiger partial charge in [-0.3, -0.25) is 9.48 Å².